The molecular formula is C27H28N6O3. The number of para-hydroxylation sites is 1. The highest BCUT2D eigenvalue weighted by atomic mass is 16.5. The second kappa shape index (κ2) is 10.2. The molecule has 1 atom stereocenters. The Morgan fingerprint density at radius 1 is 1.11 bits per heavy atom. The van der Waals surface area contributed by atoms with Crippen molar-refractivity contribution in [3.8, 4) is 0 Å². The van der Waals surface area contributed by atoms with Gasteiger partial charge in [0.1, 0.15) is 24.1 Å². The summed E-state index contributed by atoms with van der Waals surface area (Å²) in [4.78, 5) is 35.5. The molecule has 9 heteroatoms. The van der Waals surface area contributed by atoms with Gasteiger partial charge in [-0.05, 0) is 31.4 Å². The molecule has 9 nitrogen and oxygen atoms in total. The predicted octanol–water partition coefficient (Wildman–Crippen LogP) is 3.48. The summed E-state index contributed by atoms with van der Waals surface area (Å²) in [5.74, 6) is 0.763. The SMILES string of the molecule is CCc1noc(Cn2cnc3c4ccccc4n(CC(=O)N[C@@H](C)CCc4ccccc4)c3c2=O)n1. The van der Waals surface area contributed by atoms with Gasteiger partial charge >= 0.3 is 0 Å². The number of nitrogens with zero attached hydrogens (tertiary/aromatic N) is 5. The van der Waals surface area contributed by atoms with Crippen LogP contribution in [0.15, 0.2) is 70.2 Å². The van der Waals surface area contributed by atoms with Crippen LogP contribution in [0, 0.1) is 0 Å². The zero-order chi connectivity index (χ0) is 25.1. The first-order valence-corrected chi connectivity index (χ1v) is 12.1. The molecule has 5 rings (SSSR count). The number of hydrogen-bond donors (Lipinski definition) is 1. The van der Waals surface area contributed by atoms with Gasteiger partial charge in [-0.3, -0.25) is 14.2 Å². The number of fused-ring (bicyclic) bond motifs is 3. The molecule has 0 unspecified atom stereocenters. The maximum absolute atomic E-state index is 13.5. The highest BCUT2D eigenvalue weighted by Crippen LogP contribution is 2.25. The second-order valence-corrected chi connectivity index (χ2v) is 8.93. The first-order valence-electron chi connectivity index (χ1n) is 12.1. The van der Waals surface area contributed by atoms with E-state index >= 15 is 0 Å². The predicted molar refractivity (Wildman–Crippen MR) is 137 cm³/mol. The molecule has 5 aromatic rings. The molecule has 0 fully saturated rings. The molecule has 0 saturated carbocycles. The quantitative estimate of drug-likeness (QED) is 0.343. The summed E-state index contributed by atoms with van der Waals surface area (Å²) >= 11 is 0. The van der Waals surface area contributed by atoms with Crippen LogP contribution >= 0.6 is 0 Å². The van der Waals surface area contributed by atoms with E-state index in [0.29, 0.717) is 29.2 Å². The van der Waals surface area contributed by atoms with E-state index in [1.807, 2.05) is 56.3 Å². The molecule has 3 aromatic heterocycles. The van der Waals surface area contributed by atoms with Crippen LogP contribution in [-0.2, 0) is 30.7 Å². The van der Waals surface area contributed by atoms with Gasteiger partial charge in [-0.25, -0.2) is 4.98 Å². The van der Waals surface area contributed by atoms with Crippen LogP contribution in [0.2, 0.25) is 0 Å². The molecular weight excluding hydrogens is 456 g/mol. The van der Waals surface area contributed by atoms with Crippen LogP contribution < -0.4 is 10.9 Å². The molecule has 184 valence electrons. The molecule has 2 aromatic carbocycles. The van der Waals surface area contributed by atoms with E-state index in [2.05, 4.69) is 32.6 Å². The molecule has 0 spiro atoms. The number of carbonyl (C=O) groups is 1. The minimum Gasteiger partial charge on any atom is -0.352 e. The normalized spacial score (nSPS) is 12.3. The van der Waals surface area contributed by atoms with Crippen LogP contribution in [0.25, 0.3) is 21.9 Å². The fourth-order valence-corrected chi connectivity index (χ4v) is 4.43. The minimum atomic E-state index is -0.266. The van der Waals surface area contributed by atoms with Crippen molar-refractivity contribution in [1.29, 1.82) is 0 Å². The Morgan fingerprint density at radius 3 is 2.67 bits per heavy atom. The van der Waals surface area contributed by atoms with Gasteiger partial charge in [-0.1, -0.05) is 60.6 Å². The fraction of sp³-hybridized carbons (Fsp3) is 0.296. The Kier molecular flexibility index (Phi) is 6.62. The van der Waals surface area contributed by atoms with Crippen molar-refractivity contribution < 1.29 is 9.32 Å². The van der Waals surface area contributed by atoms with Gasteiger partial charge < -0.3 is 14.4 Å². The summed E-state index contributed by atoms with van der Waals surface area (Å²) in [7, 11) is 0. The molecule has 0 radical (unpaired) electrons. The number of hydrogen-bond acceptors (Lipinski definition) is 6. The van der Waals surface area contributed by atoms with Gasteiger partial charge in [0.15, 0.2) is 5.82 Å². The van der Waals surface area contributed by atoms with Crippen LogP contribution in [0.5, 0.6) is 0 Å². The van der Waals surface area contributed by atoms with Gasteiger partial charge in [-0.15, -0.1) is 0 Å². The summed E-state index contributed by atoms with van der Waals surface area (Å²) in [6, 6.07) is 17.8. The van der Waals surface area contributed by atoms with E-state index in [1.54, 1.807) is 4.57 Å². The number of aryl methyl sites for hydroxylation is 2. The third-order valence-corrected chi connectivity index (χ3v) is 6.28. The van der Waals surface area contributed by atoms with Gasteiger partial charge in [0.2, 0.25) is 11.8 Å². The number of carbonyl (C=O) groups excluding carboxylic acids is 1. The number of nitrogens with one attached hydrogen (secondary N) is 1. The first-order chi connectivity index (χ1) is 17.5. The van der Waals surface area contributed by atoms with Crippen molar-refractivity contribution >= 4 is 27.8 Å². The molecule has 3 heterocycles. The number of benzene rings is 2. The van der Waals surface area contributed by atoms with Crippen molar-refractivity contribution in [2.24, 2.45) is 0 Å². The number of aromatic nitrogens is 5. The molecule has 0 bridgehead atoms. The van der Waals surface area contributed by atoms with Crippen molar-refractivity contribution in [1.82, 2.24) is 29.6 Å². The van der Waals surface area contributed by atoms with E-state index in [4.69, 9.17) is 4.52 Å². The third-order valence-electron chi connectivity index (χ3n) is 6.28. The van der Waals surface area contributed by atoms with E-state index in [0.717, 1.165) is 23.7 Å². The largest absolute Gasteiger partial charge is 0.352 e. The number of amides is 1. The molecule has 36 heavy (non-hydrogen) atoms. The van der Waals surface area contributed by atoms with Gasteiger partial charge in [0.25, 0.3) is 5.56 Å². The Morgan fingerprint density at radius 2 is 1.89 bits per heavy atom. The lowest BCUT2D eigenvalue weighted by Crippen LogP contribution is -2.36. The van der Waals surface area contributed by atoms with Crippen LogP contribution in [0.3, 0.4) is 0 Å². The molecule has 0 saturated heterocycles. The summed E-state index contributed by atoms with van der Waals surface area (Å²) in [6.45, 7) is 4.05. The fourth-order valence-electron chi connectivity index (χ4n) is 4.43. The van der Waals surface area contributed by atoms with E-state index in [9.17, 15) is 9.59 Å². The zero-order valence-corrected chi connectivity index (χ0v) is 20.3. The average molecular weight is 485 g/mol. The molecule has 1 N–H and O–H groups in total. The molecule has 1 amide bonds. The summed E-state index contributed by atoms with van der Waals surface area (Å²) < 4.78 is 8.45. The van der Waals surface area contributed by atoms with Gasteiger partial charge in [0, 0.05) is 17.8 Å². The molecule has 0 aliphatic rings. The van der Waals surface area contributed by atoms with Crippen molar-refractivity contribution in [3.05, 3.63) is 88.6 Å². The van der Waals surface area contributed by atoms with E-state index < -0.39 is 0 Å². The summed E-state index contributed by atoms with van der Waals surface area (Å²) in [5.41, 5.74) is 2.70. The Bertz CT molecular complexity index is 1570. The van der Waals surface area contributed by atoms with Crippen LogP contribution in [0.4, 0.5) is 0 Å². The Hall–Kier alpha value is -4.27. The number of rotatable bonds is 9. The van der Waals surface area contributed by atoms with Gasteiger partial charge in [-0.2, -0.15) is 4.98 Å². The first kappa shape index (κ1) is 23.5. The lowest BCUT2D eigenvalue weighted by molar-refractivity contribution is -0.122. The smallest absolute Gasteiger partial charge is 0.278 e. The minimum absolute atomic E-state index is 0.00846. The molecule has 0 aliphatic carbocycles. The van der Waals surface area contributed by atoms with Crippen molar-refractivity contribution in [3.63, 3.8) is 0 Å². The van der Waals surface area contributed by atoms with Crippen molar-refractivity contribution in [2.75, 3.05) is 0 Å². The third kappa shape index (κ3) is 4.77. The van der Waals surface area contributed by atoms with Crippen LogP contribution in [-0.4, -0.2) is 36.2 Å². The zero-order valence-electron chi connectivity index (χ0n) is 20.3. The van der Waals surface area contributed by atoms with E-state index in [-0.39, 0.29) is 30.6 Å². The standard InChI is InChI=1S/C27H28N6O3/c1-3-22-30-24(36-31-22)16-32-17-28-25-20-11-7-8-12-21(20)33(26(25)27(32)35)15-23(34)29-18(2)13-14-19-9-5-4-6-10-19/h4-12,17-18H,3,13-16H2,1-2H3,(H,29,34)/t18-/m0/s1. The Labute approximate surface area is 207 Å². The monoisotopic (exact) mass is 484 g/mol. The molecule has 0 aliphatic heterocycles. The highest BCUT2D eigenvalue weighted by Gasteiger charge is 2.19. The Balaban J connectivity index is 1.41. The lowest BCUT2D eigenvalue weighted by atomic mass is 10.1. The van der Waals surface area contributed by atoms with Gasteiger partial charge in [0.05, 0.1) is 11.8 Å². The summed E-state index contributed by atoms with van der Waals surface area (Å²) in [5, 5.41) is 7.80. The average Bonchev–Trinajstić information content (AvgIpc) is 3.48. The topological polar surface area (TPSA) is 108 Å². The maximum atomic E-state index is 13.5. The maximum Gasteiger partial charge on any atom is 0.278 e. The highest BCUT2D eigenvalue weighted by molar-refractivity contribution is 6.06. The lowest BCUT2D eigenvalue weighted by Gasteiger charge is -2.15. The second-order valence-electron chi connectivity index (χ2n) is 8.93. The van der Waals surface area contributed by atoms with E-state index in [1.165, 1.54) is 16.5 Å². The van der Waals surface area contributed by atoms with Crippen molar-refractivity contribution in [2.45, 2.75) is 52.2 Å². The summed E-state index contributed by atoms with van der Waals surface area (Å²) in [6.07, 6.45) is 3.83. The van der Waals surface area contributed by atoms with Crippen LogP contribution in [0.1, 0.15) is 37.5 Å².